The predicted octanol–water partition coefficient (Wildman–Crippen LogP) is 3.88. The van der Waals surface area contributed by atoms with E-state index in [-0.39, 0.29) is 5.54 Å². The summed E-state index contributed by atoms with van der Waals surface area (Å²) < 4.78 is 5.56. The van der Waals surface area contributed by atoms with Gasteiger partial charge in [0.2, 0.25) is 0 Å². The average Bonchev–Trinajstić information content (AvgIpc) is 2.49. The van der Waals surface area contributed by atoms with Gasteiger partial charge >= 0.3 is 0 Å². The molecule has 0 aromatic carbocycles. The normalized spacial score (nSPS) is 39.3. The van der Waals surface area contributed by atoms with Crippen molar-refractivity contribution >= 4 is 0 Å². The molecule has 2 atom stereocenters. The van der Waals surface area contributed by atoms with Gasteiger partial charge in [0.1, 0.15) is 0 Å². The standard InChI is InChI=1S/C17H31NO/c18-17(15-9-12-19-13-10-15)11-5-4-8-16(17)14-6-2-1-3-7-14/h14-16H,1-13,18H2. The first-order valence-electron chi connectivity index (χ1n) is 8.67. The molecule has 3 aliphatic rings. The van der Waals surface area contributed by atoms with Gasteiger partial charge in [-0.05, 0) is 43.4 Å². The Morgan fingerprint density at radius 1 is 0.789 bits per heavy atom. The molecule has 19 heavy (non-hydrogen) atoms. The van der Waals surface area contributed by atoms with Gasteiger partial charge in [-0.3, -0.25) is 0 Å². The maximum atomic E-state index is 7.05. The van der Waals surface area contributed by atoms with Crippen LogP contribution in [0, 0.1) is 17.8 Å². The van der Waals surface area contributed by atoms with Gasteiger partial charge in [-0.25, -0.2) is 0 Å². The predicted molar refractivity (Wildman–Crippen MR) is 79.0 cm³/mol. The molecule has 1 aliphatic heterocycles. The van der Waals surface area contributed by atoms with E-state index in [2.05, 4.69) is 0 Å². The number of hydrogen-bond acceptors (Lipinski definition) is 2. The van der Waals surface area contributed by atoms with Gasteiger partial charge in [-0.15, -0.1) is 0 Å². The average molecular weight is 265 g/mol. The maximum absolute atomic E-state index is 7.05. The zero-order chi connectivity index (χ0) is 13.1. The van der Waals surface area contributed by atoms with Crippen LogP contribution in [0.2, 0.25) is 0 Å². The lowest BCUT2D eigenvalue weighted by atomic mass is 9.58. The molecule has 2 heteroatoms. The minimum absolute atomic E-state index is 0.143. The van der Waals surface area contributed by atoms with Crippen LogP contribution in [0.5, 0.6) is 0 Å². The third-order valence-corrected chi connectivity index (χ3v) is 6.27. The monoisotopic (exact) mass is 265 g/mol. The molecule has 2 nitrogen and oxygen atoms in total. The van der Waals surface area contributed by atoms with E-state index in [0.29, 0.717) is 0 Å². The van der Waals surface area contributed by atoms with Crippen molar-refractivity contribution in [2.45, 2.75) is 76.2 Å². The van der Waals surface area contributed by atoms with E-state index in [1.165, 1.54) is 70.6 Å². The van der Waals surface area contributed by atoms with Gasteiger partial charge in [0.25, 0.3) is 0 Å². The van der Waals surface area contributed by atoms with Gasteiger partial charge in [-0.1, -0.05) is 44.9 Å². The highest BCUT2D eigenvalue weighted by atomic mass is 16.5. The molecule has 0 spiro atoms. The molecule has 2 unspecified atom stereocenters. The summed E-state index contributed by atoms with van der Waals surface area (Å²) in [6.45, 7) is 1.89. The van der Waals surface area contributed by atoms with Gasteiger partial charge in [0.15, 0.2) is 0 Å². The topological polar surface area (TPSA) is 35.2 Å². The number of ether oxygens (including phenoxy) is 1. The fourth-order valence-corrected chi connectivity index (χ4v) is 5.20. The van der Waals surface area contributed by atoms with Crippen LogP contribution < -0.4 is 5.73 Å². The highest BCUT2D eigenvalue weighted by Crippen LogP contribution is 2.47. The summed E-state index contributed by atoms with van der Waals surface area (Å²) in [6, 6.07) is 0. The largest absolute Gasteiger partial charge is 0.381 e. The Kier molecular flexibility index (Phi) is 4.48. The third-order valence-electron chi connectivity index (χ3n) is 6.27. The van der Waals surface area contributed by atoms with Crippen molar-refractivity contribution in [2.75, 3.05) is 13.2 Å². The highest BCUT2D eigenvalue weighted by molar-refractivity contribution is 5.02. The van der Waals surface area contributed by atoms with Crippen LogP contribution in [0.1, 0.15) is 70.6 Å². The van der Waals surface area contributed by atoms with Crippen LogP contribution in [0.3, 0.4) is 0 Å². The number of hydrogen-bond donors (Lipinski definition) is 1. The molecule has 2 aliphatic carbocycles. The molecule has 110 valence electrons. The van der Waals surface area contributed by atoms with Crippen molar-refractivity contribution in [3.63, 3.8) is 0 Å². The van der Waals surface area contributed by atoms with Crippen molar-refractivity contribution in [3.05, 3.63) is 0 Å². The number of rotatable bonds is 2. The SMILES string of the molecule is NC1(C2CCOCC2)CCCCC1C1CCCCC1. The Hall–Kier alpha value is -0.0800. The summed E-state index contributed by atoms with van der Waals surface area (Å²) in [5.41, 5.74) is 7.20. The van der Waals surface area contributed by atoms with Gasteiger partial charge in [0, 0.05) is 18.8 Å². The van der Waals surface area contributed by atoms with Crippen molar-refractivity contribution < 1.29 is 4.74 Å². The zero-order valence-corrected chi connectivity index (χ0v) is 12.4. The Morgan fingerprint density at radius 2 is 1.47 bits per heavy atom. The van der Waals surface area contributed by atoms with Crippen LogP contribution in [0.15, 0.2) is 0 Å². The lowest BCUT2D eigenvalue weighted by Gasteiger charge is -2.51. The summed E-state index contributed by atoms with van der Waals surface area (Å²) in [7, 11) is 0. The lowest BCUT2D eigenvalue weighted by Crippen LogP contribution is -2.58. The quantitative estimate of drug-likeness (QED) is 0.822. The molecular formula is C17H31NO. The molecular weight excluding hydrogens is 234 g/mol. The molecule has 0 aromatic heterocycles. The van der Waals surface area contributed by atoms with E-state index in [9.17, 15) is 0 Å². The lowest BCUT2D eigenvalue weighted by molar-refractivity contribution is -0.0115. The fourth-order valence-electron chi connectivity index (χ4n) is 5.20. The van der Waals surface area contributed by atoms with Crippen LogP contribution in [-0.2, 0) is 4.74 Å². The molecule has 2 saturated carbocycles. The van der Waals surface area contributed by atoms with Crippen molar-refractivity contribution in [2.24, 2.45) is 23.5 Å². The molecule has 0 aromatic rings. The van der Waals surface area contributed by atoms with Gasteiger partial charge in [0.05, 0.1) is 0 Å². The second kappa shape index (κ2) is 6.13. The molecule has 0 amide bonds. The maximum Gasteiger partial charge on any atom is 0.0469 e. The smallest absolute Gasteiger partial charge is 0.0469 e. The first-order valence-corrected chi connectivity index (χ1v) is 8.67. The van der Waals surface area contributed by atoms with Crippen molar-refractivity contribution in [1.29, 1.82) is 0 Å². The molecule has 1 saturated heterocycles. The molecule has 1 heterocycles. The molecule has 2 N–H and O–H groups in total. The summed E-state index contributed by atoms with van der Waals surface area (Å²) in [6.07, 6.45) is 15.1. The Morgan fingerprint density at radius 3 is 2.21 bits per heavy atom. The zero-order valence-electron chi connectivity index (χ0n) is 12.4. The summed E-state index contributed by atoms with van der Waals surface area (Å²) in [5.74, 6) is 2.47. The summed E-state index contributed by atoms with van der Waals surface area (Å²) in [5, 5.41) is 0. The number of nitrogens with two attached hydrogens (primary N) is 1. The first-order chi connectivity index (χ1) is 9.31. The van der Waals surface area contributed by atoms with Crippen LogP contribution in [0.25, 0.3) is 0 Å². The molecule has 3 fully saturated rings. The highest BCUT2D eigenvalue weighted by Gasteiger charge is 2.46. The first kappa shape index (κ1) is 13.9. The molecule has 3 rings (SSSR count). The van der Waals surface area contributed by atoms with E-state index >= 15 is 0 Å². The van der Waals surface area contributed by atoms with E-state index in [4.69, 9.17) is 10.5 Å². The molecule has 0 radical (unpaired) electrons. The fraction of sp³-hybridized carbons (Fsp3) is 1.00. The van der Waals surface area contributed by atoms with Crippen molar-refractivity contribution in [3.8, 4) is 0 Å². The van der Waals surface area contributed by atoms with E-state index in [1.807, 2.05) is 0 Å². The summed E-state index contributed by atoms with van der Waals surface area (Å²) >= 11 is 0. The third kappa shape index (κ3) is 2.85. The second-order valence-corrected chi connectivity index (χ2v) is 7.25. The van der Waals surface area contributed by atoms with E-state index < -0.39 is 0 Å². The molecule has 0 bridgehead atoms. The van der Waals surface area contributed by atoms with Crippen molar-refractivity contribution in [1.82, 2.24) is 0 Å². The van der Waals surface area contributed by atoms with Gasteiger partial charge < -0.3 is 10.5 Å². The van der Waals surface area contributed by atoms with Crippen LogP contribution in [-0.4, -0.2) is 18.8 Å². The summed E-state index contributed by atoms with van der Waals surface area (Å²) in [4.78, 5) is 0. The van der Waals surface area contributed by atoms with Crippen LogP contribution in [0.4, 0.5) is 0 Å². The Bertz CT molecular complexity index is 281. The van der Waals surface area contributed by atoms with Gasteiger partial charge in [-0.2, -0.15) is 0 Å². The van der Waals surface area contributed by atoms with E-state index in [1.54, 1.807) is 0 Å². The Balaban J connectivity index is 1.74. The van der Waals surface area contributed by atoms with E-state index in [0.717, 1.165) is 31.0 Å². The second-order valence-electron chi connectivity index (χ2n) is 7.25. The Labute approximate surface area is 118 Å². The minimum atomic E-state index is 0.143. The van der Waals surface area contributed by atoms with Crippen LogP contribution >= 0.6 is 0 Å². The minimum Gasteiger partial charge on any atom is -0.381 e.